The maximum absolute atomic E-state index is 12.7. The molecule has 0 aliphatic carbocycles. The molecular weight excluding hydrogens is 366 g/mol. The van der Waals surface area contributed by atoms with Gasteiger partial charge in [0, 0.05) is 44.9 Å². The standard InChI is InChI=1S/C20H20ClN3O3/c21-19-9-8-17(24(26)27)15-18(19)20(25)23-13-11-22(12-14-23)10-4-7-16-5-2-1-3-6-16/h1-9,15H,10-14H2/b7-4+. The van der Waals surface area contributed by atoms with Gasteiger partial charge in [-0.05, 0) is 11.6 Å². The van der Waals surface area contributed by atoms with Crippen LogP contribution in [0.5, 0.6) is 0 Å². The zero-order valence-corrected chi connectivity index (χ0v) is 15.5. The molecule has 0 saturated carbocycles. The van der Waals surface area contributed by atoms with E-state index in [0.717, 1.165) is 25.2 Å². The SMILES string of the molecule is O=C(c1cc([N+](=O)[O-])ccc1Cl)N1CCN(C/C=C/c2ccccc2)CC1. The fraction of sp³-hybridized carbons (Fsp3) is 0.250. The van der Waals surface area contributed by atoms with Gasteiger partial charge in [0.25, 0.3) is 11.6 Å². The first kappa shape index (κ1) is 19.1. The summed E-state index contributed by atoms with van der Waals surface area (Å²) in [6.45, 7) is 3.44. The lowest BCUT2D eigenvalue weighted by Crippen LogP contribution is -2.48. The molecule has 1 amide bonds. The highest BCUT2D eigenvalue weighted by Gasteiger charge is 2.24. The fourth-order valence-corrected chi connectivity index (χ4v) is 3.19. The molecule has 1 aliphatic heterocycles. The summed E-state index contributed by atoms with van der Waals surface area (Å²) in [5, 5.41) is 11.2. The lowest BCUT2D eigenvalue weighted by molar-refractivity contribution is -0.384. The number of nitrogens with zero attached hydrogens (tertiary/aromatic N) is 3. The fourth-order valence-electron chi connectivity index (χ4n) is 3.00. The molecule has 0 unspecified atom stereocenters. The van der Waals surface area contributed by atoms with Gasteiger partial charge < -0.3 is 4.90 Å². The van der Waals surface area contributed by atoms with Crippen LogP contribution in [0.15, 0.2) is 54.6 Å². The third kappa shape index (κ3) is 4.93. The average molecular weight is 386 g/mol. The van der Waals surface area contributed by atoms with E-state index in [1.807, 2.05) is 18.2 Å². The predicted octanol–water partition coefficient (Wildman–Crippen LogP) is 3.72. The minimum Gasteiger partial charge on any atom is -0.336 e. The first-order valence-electron chi connectivity index (χ1n) is 8.72. The number of non-ortho nitro benzene ring substituents is 1. The highest BCUT2D eigenvalue weighted by Crippen LogP contribution is 2.24. The Balaban J connectivity index is 1.56. The van der Waals surface area contributed by atoms with Crippen LogP contribution in [0.1, 0.15) is 15.9 Å². The summed E-state index contributed by atoms with van der Waals surface area (Å²) in [5.41, 5.74) is 1.21. The predicted molar refractivity (Wildman–Crippen MR) is 106 cm³/mol. The van der Waals surface area contributed by atoms with Crippen LogP contribution in [0.2, 0.25) is 5.02 Å². The smallest absolute Gasteiger partial charge is 0.270 e. The van der Waals surface area contributed by atoms with Crippen LogP contribution < -0.4 is 0 Å². The highest BCUT2D eigenvalue weighted by atomic mass is 35.5. The second-order valence-electron chi connectivity index (χ2n) is 6.33. The van der Waals surface area contributed by atoms with E-state index in [-0.39, 0.29) is 22.2 Å². The van der Waals surface area contributed by atoms with Crippen LogP contribution in [0.4, 0.5) is 5.69 Å². The second-order valence-corrected chi connectivity index (χ2v) is 6.73. The molecule has 0 N–H and O–H groups in total. The molecule has 140 valence electrons. The number of rotatable bonds is 5. The number of hydrogen-bond donors (Lipinski definition) is 0. The van der Waals surface area contributed by atoms with E-state index in [4.69, 9.17) is 11.6 Å². The molecule has 6 nitrogen and oxygen atoms in total. The van der Waals surface area contributed by atoms with Crippen molar-refractivity contribution in [1.82, 2.24) is 9.80 Å². The summed E-state index contributed by atoms with van der Waals surface area (Å²) >= 11 is 6.08. The van der Waals surface area contributed by atoms with Gasteiger partial charge in [0.15, 0.2) is 0 Å². The van der Waals surface area contributed by atoms with E-state index in [9.17, 15) is 14.9 Å². The van der Waals surface area contributed by atoms with E-state index in [1.165, 1.54) is 18.2 Å². The van der Waals surface area contributed by atoms with Crippen LogP contribution in [0, 0.1) is 10.1 Å². The van der Waals surface area contributed by atoms with Gasteiger partial charge in [0.2, 0.25) is 0 Å². The number of carbonyl (C=O) groups is 1. The van der Waals surface area contributed by atoms with E-state index in [2.05, 4.69) is 29.2 Å². The molecule has 1 heterocycles. The van der Waals surface area contributed by atoms with Crippen molar-refractivity contribution >= 4 is 29.3 Å². The molecule has 1 saturated heterocycles. The minimum atomic E-state index is -0.524. The molecule has 7 heteroatoms. The quantitative estimate of drug-likeness (QED) is 0.581. The lowest BCUT2D eigenvalue weighted by atomic mass is 10.1. The number of hydrogen-bond acceptors (Lipinski definition) is 4. The van der Waals surface area contributed by atoms with E-state index >= 15 is 0 Å². The van der Waals surface area contributed by atoms with E-state index in [1.54, 1.807) is 4.90 Å². The molecule has 0 radical (unpaired) electrons. The Morgan fingerprint density at radius 2 is 1.81 bits per heavy atom. The number of carbonyl (C=O) groups excluding carboxylic acids is 1. The van der Waals surface area contributed by atoms with Crippen molar-refractivity contribution in [2.75, 3.05) is 32.7 Å². The van der Waals surface area contributed by atoms with Crippen molar-refractivity contribution in [2.24, 2.45) is 0 Å². The molecule has 0 aromatic heterocycles. The van der Waals surface area contributed by atoms with Gasteiger partial charge in [-0.15, -0.1) is 0 Å². The maximum Gasteiger partial charge on any atom is 0.270 e. The number of nitro groups is 1. The first-order valence-corrected chi connectivity index (χ1v) is 9.09. The summed E-state index contributed by atoms with van der Waals surface area (Å²) in [6, 6.07) is 14.0. The van der Waals surface area contributed by atoms with E-state index < -0.39 is 4.92 Å². The molecule has 2 aromatic rings. The Bertz CT molecular complexity index is 847. The molecule has 1 fully saturated rings. The Morgan fingerprint density at radius 1 is 1.11 bits per heavy atom. The lowest BCUT2D eigenvalue weighted by Gasteiger charge is -2.34. The number of halogens is 1. The first-order chi connectivity index (χ1) is 13.0. The molecule has 0 bridgehead atoms. The minimum absolute atomic E-state index is 0.132. The Labute approximate surface area is 162 Å². The zero-order valence-electron chi connectivity index (χ0n) is 14.8. The van der Waals surface area contributed by atoms with Gasteiger partial charge in [0.05, 0.1) is 15.5 Å². The van der Waals surface area contributed by atoms with Gasteiger partial charge in [-0.1, -0.05) is 54.1 Å². The van der Waals surface area contributed by atoms with Crippen molar-refractivity contribution in [1.29, 1.82) is 0 Å². The Hall–Kier alpha value is -2.70. The summed E-state index contributed by atoms with van der Waals surface area (Å²) in [6.07, 6.45) is 4.20. The van der Waals surface area contributed by atoms with Gasteiger partial charge in [-0.25, -0.2) is 0 Å². The van der Waals surface area contributed by atoms with Crippen molar-refractivity contribution in [3.8, 4) is 0 Å². The molecular formula is C20H20ClN3O3. The third-order valence-electron chi connectivity index (χ3n) is 4.52. The second kappa shape index (κ2) is 8.79. The maximum atomic E-state index is 12.7. The number of benzene rings is 2. The number of piperazine rings is 1. The van der Waals surface area contributed by atoms with Crippen molar-refractivity contribution in [2.45, 2.75) is 0 Å². The Morgan fingerprint density at radius 3 is 2.48 bits per heavy atom. The molecule has 3 rings (SSSR count). The van der Waals surface area contributed by atoms with Gasteiger partial charge >= 0.3 is 0 Å². The molecule has 0 atom stereocenters. The molecule has 27 heavy (non-hydrogen) atoms. The Kier molecular flexibility index (Phi) is 6.21. The topological polar surface area (TPSA) is 66.7 Å². The van der Waals surface area contributed by atoms with Crippen LogP contribution in [-0.4, -0.2) is 53.4 Å². The van der Waals surface area contributed by atoms with Gasteiger partial charge in [-0.3, -0.25) is 19.8 Å². The summed E-state index contributed by atoms with van der Waals surface area (Å²) in [4.78, 5) is 27.1. The summed E-state index contributed by atoms with van der Waals surface area (Å²) < 4.78 is 0. The third-order valence-corrected chi connectivity index (χ3v) is 4.85. The van der Waals surface area contributed by atoms with Crippen molar-refractivity contribution in [3.63, 3.8) is 0 Å². The monoisotopic (exact) mass is 385 g/mol. The number of amides is 1. The molecule has 2 aromatic carbocycles. The van der Waals surface area contributed by atoms with Crippen LogP contribution in [0.25, 0.3) is 6.08 Å². The van der Waals surface area contributed by atoms with Crippen LogP contribution in [-0.2, 0) is 0 Å². The van der Waals surface area contributed by atoms with E-state index in [0.29, 0.717) is 13.1 Å². The molecule has 0 spiro atoms. The number of nitro benzene ring substituents is 1. The van der Waals surface area contributed by atoms with Crippen molar-refractivity contribution in [3.05, 3.63) is 80.9 Å². The zero-order chi connectivity index (χ0) is 19.2. The van der Waals surface area contributed by atoms with Crippen LogP contribution >= 0.6 is 11.6 Å². The molecule has 1 aliphatic rings. The summed E-state index contributed by atoms with van der Waals surface area (Å²) in [7, 11) is 0. The van der Waals surface area contributed by atoms with Gasteiger partial charge in [-0.2, -0.15) is 0 Å². The van der Waals surface area contributed by atoms with Gasteiger partial charge in [0.1, 0.15) is 0 Å². The van der Waals surface area contributed by atoms with Crippen LogP contribution in [0.3, 0.4) is 0 Å². The average Bonchev–Trinajstić information content (AvgIpc) is 2.69. The highest BCUT2D eigenvalue weighted by molar-refractivity contribution is 6.33. The normalized spacial score (nSPS) is 15.2. The van der Waals surface area contributed by atoms with Crippen molar-refractivity contribution < 1.29 is 9.72 Å². The summed E-state index contributed by atoms with van der Waals surface area (Å²) in [5.74, 6) is -0.261. The largest absolute Gasteiger partial charge is 0.336 e.